The first-order valence-electron chi connectivity index (χ1n) is 9.51. The van der Waals surface area contributed by atoms with E-state index in [1.807, 2.05) is 35.2 Å². The molecular weight excluding hydrogens is 343 g/mol. The summed E-state index contributed by atoms with van der Waals surface area (Å²) in [4.78, 5) is 26.1. The van der Waals surface area contributed by atoms with E-state index in [9.17, 15) is 14.0 Å². The Balaban J connectivity index is 1.42. The molecule has 5 heteroatoms. The van der Waals surface area contributed by atoms with Crippen LogP contribution in [-0.2, 0) is 22.4 Å². The maximum absolute atomic E-state index is 13.2. The maximum atomic E-state index is 13.2. The average Bonchev–Trinajstić information content (AvgIpc) is 3.21. The molecule has 1 saturated heterocycles. The van der Waals surface area contributed by atoms with E-state index in [2.05, 4.69) is 5.32 Å². The SMILES string of the molecule is O=C(CCc1cccc(F)c1)Nc1ccc(CCC(=O)N2CCCC2)cc1. The molecule has 0 unspecified atom stereocenters. The summed E-state index contributed by atoms with van der Waals surface area (Å²) < 4.78 is 13.2. The molecule has 0 bridgehead atoms. The summed E-state index contributed by atoms with van der Waals surface area (Å²) in [5.41, 5.74) is 2.62. The van der Waals surface area contributed by atoms with Crippen molar-refractivity contribution in [3.8, 4) is 0 Å². The molecule has 4 nitrogen and oxygen atoms in total. The minimum absolute atomic E-state index is 0.101. The zero-order valence-electron chi connectivity index (χ0n) is 15.4. The summed E-state index contributed by atoms with van der Waals surface area (Å²) in [6.45, 7) is 1.78. The van der Waals surface area contributed by atoms with Crippen LogP contribution in [0.15, 0.2) is 48.5 Å². The molecule has 0 radical (unpaired) electrons. The molecule has 0 spiro atoms. The highest BCUT2D eigenvalue weighted by molar-refractivity contribution is 5.90. The molecule has 0 saturated carbocycles. The van der Waals surface area contributed by atoms with Gasteiger partial charge in [-0.25, -0.2) is 4.39 Å². The second-order valence-corrected chi connectivity index (χ2v) is 6.96. The molecule has 1 heterocycles. The molecule has 2 amide bonds. The first-order chi connectivity index (χ1) is 13.1. The molecule has 1 aliphatic heterocycles. The number of nitrogens with zero attached hydrogens (tertiary/aromatic N) is 1. The Morgan fingerprint density at radius 3 is 2.33 bits per heavy atom. The van der Waals surface area contributed by atoms with Crippen molar-refractivity contribution >= 4 is 17.5 Å². The normalized spacial score (nSPS) is 13.6. The molecule has 1 N–H and O–H groups in total. The Bertz CT molecular complexity index is 783. The highest BCUT2D eigenvalue weighted by Gasteiger charge is 2.17. The van der Waals surface area contributed by atoms with E-state index < -0.39 is 0 Å². The van der Waals surface area contributed by atoms with E-state index in [4.69, 9.17) is 0 Å². The van der Waals surface area contributed by atoms with Crippen LogP contribution in [0.1, 0.15) is 36.8 Å². The number of hydrogen-bond donors (Lipinski definition) is 1. The standard InChI is InChI=1S/C22H25FN2O2/c23-19-5-3-4-18(16-19)8-12-21(26)24-20-10-6-17(7-11-20)9-13-22(27)25-14-1-2-15-25/h3-7,10-11,16H,1-2,8-9,12-15H2,(H,24,26). The topological polar surface area (TPSA) is 49.4 Å². The lowest BCUT2D eigenvalue weighted by molar-refractivity contribution is -0.130. The molecule has 3 rings (SSSR count). The Kier molecular flexibility index (Phi) is 6.58. The fraction of sp³-hybridized carbons (Fsp3) is 0.364. The van der Waals surface area contributed by atoms with E-state index in [1.54, 1.807) is 6.07 Å². The number of rotatable bonds is 7. The molecule has 2 aromatic rings. The summed E-state index contributed by atoms with van der Waals surface area (Å²) in [5.74, 6) is -0.162. The summed E-state index contributed by atoms with van der Waals surface area (Å²) in [6.07, 6.45) is 4.26. The van der Waals surface area contributed by atoms with Crippen molar-refractivity contribution in [3.63, 3.8) is 0 Å². The van der Waals surface area contributed by atoms with Gasteiger partial charge in [0, 0.05) is 31.6 Å². The van der Waals surface area contributed by atoms with E-state index in [0.717, 1.165) is 42.7 Å². The Morgan fingerprint density at radius 1 is 0.926 bits per heavy atom. The fourth-order valence-corrected chi connectivity index (χ4v) is 3.30. The minimum atomic E-state index is -0.285. The third-order valence-corrected chi connectivity index (χ3v) is 4.85. The fourth-order valence-electron chi connectivity index (χ4n) is 3.30. The number of nitrogens with one attached hydrogen (secondary N) is 1. The van der Waals surface area contributed by atoms with E-state index in [-0.39, 0.29) is 17.6 Å². The van der Waals surface area contributed by atoms with Gasteiger partial charge in [-0.1, -0.05) is 24.3 Å². The largest absolute Gasteiger partial charge is 0.343 e. The van der Waals surface area contributed by atoms with Crippen LogP contribution in [-0.4, -0.2) is 29.8 Å². The summed E-state index contributed by atoms with van der Waals surface area (Å²) in [7, 11) is 0. The van der Waals surface area contributed by atoms with Crippen molar-refractivity contribution in [1.29, 1.82) is 0 Å². The molecule has 0 atom stereocenters. The number of halogens is 1. The van der Waals surface area contributed by atoms with E-state index in [0.29, 0.717) is 25.7 Å². The first-order valence-corrected chi connectivity index (χ1v) is 9.51. The average molecular weight is 368 g/mol. The van der Waals surface area contributed by atoms with Gasteiger partial charge in [-0.15, -0.1) is 0 Å². The molecule has 2 aromatic carbocycles. The predicted molar refractivity (Wildman–Crippen MR) is 104 cm³/mol. The van der Waals surface area contributed by atoms with Gasteiger partial charge in [0.1, 0.15) is 5.82 Å². The smallest absolute Gasteiger partial charge is 0.224 e. The van der Waals surface area contributed by atoms with Crippen molar-refractivity contribution < 1.29 is 14.0 Å². The number of carbonyl (C=O) groups excluding carboxylic acids is 2. The third-order valence-electron chi connectivity index (χ3n) is 4.85. The number of aryl methyl sites for hydroxylation is 2. The van der Waals surface area contributed by atoms with Crippen molar-refractivity contribution in [1.82, 2.24) is 4.90 Å². The highest BCUT2D eigenvalue weighted by Crippen LogP contribution is 2.14. The lowest BCUT2D eigenvalue weighted by Gasteiger charge is -2.15. The zero-order chi connectivity index (χ0) is 19.1. The van der Waals surface area contributed by atoms with Gasteiger partial charge < -0.3 is 10.2 Å². The van der Waals surface area contributed by atoms with Crippen LogP contribution in [0.25, 0.3) is 0 Å². The van der Waals surface area contributed by atoms with Crippen molar-refractivity contribution in [2.24, 2.45) is 0 Å². The molecule has 1 fully saturated rings. The first kappa shape index (κ1) is 19.1. The summed E-state index contributed by atoms with van der Waals surface area (Å²) in [6, 6.07) is 13.9. The van der Waals surface area contributed by atoms with Gasteiger partial charge in [-0.3, -0.25) is 9.59 Å². The Labute approximate surface area is 159 Å². The van der Waals surface area contributed by atoms with Gasteiger partial charge in [0.2, 0.25) is 11.8 Å². The van der Waals surface area contributed by atoms with Gasteiger partial charge >= 0.3 is 0 Å². The third kappa shape index (κ3) is 5.91. The number of hydrogen-bond acceptors (Lipinski definition) is 2. The molecule has 0 aliphatic carbocycles. The monoisotopic (exact) mass is 368 g/mol. The lowest BCUT2D eigenvalue weighted by Crippen LogP contribution is -2.27. The molecular formula is C22H25FN2O2. The van der Waals surface area contributed by atoms with Gasteiger partial charge in [-0.05, 0) is 61.1 Å². The van der Waals surface area contributed by atoms with Crippen LogP contribution >= 0.6 is 0 Å². The van der Waals surface area contributed by atoms with Crippen LogP contribution in [0.4, 0.5) is 10.1 Å². The molecule has 27 heavy (non-hydrogen) atoms. The van der Waals surface area contributed by atoms with Crippen LogP contribution in [0, 0.1) is 5.82 Å². The van der Waals surface area contributed by atoms with Gasteiger partial charge in [-0.2, -0.15) is 0 Å². The van der Waals surface area contributed by atoms with Crippen LogP contribution in [0.3, 0.4) is 0 Å². The number of carbonyl (C=O) groups is 2. The second kappa shape index (κ2) is 9.31. The van der Waals surface area contributed by atoms with Crippen LogP contribution < -0.4 is 5.32 Å². The van der Waals surface area contributed by atoms with Crippen molar-refractivity contribution in [3.05, 3.63) is 65.5 Å². The Morgan fingerprint density at radius 2 is 1.63 bits per heavy atom. The summed E-state index contributed by atoms with van der Waals surface area (Å²) >= 11 is 0. The lowest BCUT2D eigenvalue weighted by atomic mass is 10.1. The van der Waals surface area contributed by atoms with Gasteiger partial charge in [0.25, 0.3) is 0 Å². The minimum Gasteiger partial charge on any atom is -0.343 e. The Hall–Kier alpha value is -2.69. The molecule has 0 aromatic heterocycles. The van der Waals surface area contributed by atoms with Crippen LogP contribution in [0.5, 0.6) is 0 Å². The molecule has 142 valence electrons. The predicted octanol–water partition coefficient (Wildman–Crippen LogP) is 3.95. The van der Waals surface area contributed by atoms with Crippen molar-refractivity contribution in [2.45, 2.75) is 38.5 Å². The van der Waals surface area contributed by atoms with Gasteiger partial charge in [0.15, 0.2) is 0 Å². The second-order valence-electron chi connectivity index (χ2n) is 6.96. The number of anilines is 1. The van der Waals surface area contributed by atoms with Crippen LogP contribution in [0.2, 0.25) is 0 Å². The van der Waals surface area contributed by atoms with E-state index in [1.165, 1.54) is 12.1 Å². The number of likely N-dealkylation sites (tertiary alicyclic amines) is 1. The quantitative estimate of drug-likeness (QED) is 0.804. The van der Waals surface area contributed by atoms with Gasteiger partial charge in [0.05, 0.1) is 0 Å². The number of amides is 2. The highest BCUT2D eigenvalue weighted by atomic mass is 19.1. The zero-order valence-corrected chi connectivity index (χ0v) is 15.4. The van der Waals surface area contributed by atoms with E-state index >= 15 is 0 Å². The maximum Gasteiger partial charge on any atom is 0.224 e. The number of benzene rings is 2. The van der Waals surface area contributed by atoms with Crippen molar-refractivity contribution in [2.75, 3.05) is 18.4 Å². The summed E-state index contributed by atoms with van der Waals surface area (Å²) in [5, 5.41) is 2.86. The molecule has 1 aliphatic rings.